The third kappa shape index (κ3) is 5.53. The van der Waals surface area contributed by atoms with Crippen LogP contribution in [0.3, 0.4) is 0 Å². The highest BCUT2D eigenvalue weighted by atomic mass is 32.1. The van der Waals surface area contributed by atoms with Crippen LogP contribution in [0.4, 0.5) is 5.13 Å². The maximum atomic E-state index is 13.6. The van der Waals surface area contributed by atoms with Crippen molar-refractivity contribution in [2.24, 2.45) is 0 Å². The largest absolute Gasteiger partial charge is 0.507 e. The van der Waals surface area contributed by atoms with Crippen molar-refractivity contribution in [1.82, 2.24) is 4.98 Å². The van der Waals surface area contributed by atoms with Gasteiger partial charge in [0.15, 0.2) is 16.6 Å². The summed E-state index contributed by atoms with van der Waals surface area (Å²) in [6.07, 6.45) is 1.61. The summed E-state index contributed by atoms with van der Waals surface area (Å²) >= 11 is 0.931. The zero-order valence-corrected chi connectivity index (χ0v) is 24.2. The summed E-state index contributed by atoms with van der Waals surface area (Å²) < 4.78 is 21.5. The number of benzene rings is 2. The normalized spacial score (nSPS) is 16.0. The van der Waals surface area contributed by atoms with Crippen molar-refractivity contribution in [3.8, 4) is 17.2 Å². The smallest absolute Gasteiger partial charge is 0.350 e. The number of esters is 1. The van der Waals surface area contributed by atoms with E-state index in [1.54, 1.807) is 63.2 Å². The SMILES string of the molecule is C=CCOc1ccc(C(O)=C2C(=O)C(=O)N(c3nc(C)c(C(=O)OCC)s3)[C@@H]2c2ccc(OC)c(OC)c2)c(C)c1. The Morgan fingerprint density at radius 1 is 1.12 bits per heavy atom. The molecular formula is C30H30N2O8S. The first-order chi connectivity index (χ1) is 19.7. The van der Waals surface area contributed by atoms with Gasteiger partial charge in [-0.1, -0.05) is 30.1 Å². The molecule has 0 bridgehead atoms. The van der Waals surface area contributed by atoms with E-state index in [1.165, 1.54) is 19.1 Å². The zero-order valence-electron chi connectivity index (χ0n) is 23.3. The molecular weight excluding hydrogens is 548 g/mol. The molecule has 1 atom stereocenters. The van der Waals surface area contributed by atoms with Gasteiger partial charge >= 0.3 is 11.9 Å². The molecule has 0 aliphatic carbocycles. The molecule has 4 rings (SSSR count). The summed E-state index contributed by atoms with van der Waals surface area (Å²) in [6, 6.07) is 8.84. The Bertz CT molecular complexity index is 1560. The number of ether oxygens (including phenoxy) is 4. The number of amides is 1. The van der Waals surface area contributed by atoms with Crippen molar-refractivity contribution in [3.63, 3.8) is 0 Å². The minimum atomic E-state index is -1.09. The third-order valence-corrected chi connectivity index (χ3v) is 7.58. The minimum Gasteiger partial charge on any atom is -0.507 e. The maximum Gasteiger partial charge on any atom is 0.350 e. The number of carbonyl (C=O) groups excluding carboxylic acids is 3. The lowest BCUT2D eigenvalue weighted by molar-refractivity contribution is -0.132. The van der Waals surface area contributed by atoms with Gasteiger partial charge in [-0.3, -0.25) is 14.5 Å². The van der Waals surface area contributed by atoms with Gasteiger partial charge in [-0.25, -0.2) is 9.78 Å². The number of carbonyl (C=O) groups is 3. The summed E-state index contributed by atoms with van der Waals surface area (Å²) in [4.78, 5) is 45.5. The lowest BCUT2D eigenvalue weighted by Crippen LogP contribution is -2.29. The molecule has 0 unspecified atom stereocenters. The van der Waals surface area contributed by atoms with Crippen molar-refractivity contribution in [2.75, 3.05) is 32.3 Å². The van der Waals surface area contributed by atoms with Crippen LogP contribution in [-0.2, 0) is 14.3 Å². The molecule has 41 heavy (non-hydrogen) atoms. The average molecular weight is 579 g/mol. The van der Waals surface area contributed by atoms with E-state index in [0.29, 0.717) is 46.2 Å². The maximum absolute atomic E-state index is 13.6. The summed E-state index contributed by atoms with van der Waals surface area (Å²) in [5.41, 5.74) is 1.63. The van der Waals surface area contributed by atoms with Crippen LogP contribution in [-0.4, -0.2) is 55.2 Å². The number of hydrogen-bond acceptors (Lipinski definition) is 10. The number of aromatic nitrogens is 1. The molecule has 1 aromatic heterocycles. The minimum absolute atomic E-state index is 0.108. The van der Waals surface area contributed by atoms with Crippen molar-refractivity contribution in [1.29, 1.82) is 0 Å². The van der Waals surface area contributed by atoms with E-state index in [4.69, 9.17) is 18.9 Å². The molecule has 3 aromatic rings. The van der Waals surface area contributed by atoms with Gasteiger partial charge in [0.05, 0.1) is 38.1 Å². The van der Waals surface area contributed by atoms with Gasteiger partial charge < -0.3 is 24.1 Å². The molecule has 214 valence electrons. The monoisotopic (exact) mass is 578 g/mol. The van der Waals surface area contributed by atoms with Crippen LogP contribution < -0.4 is 19.1 Å². The molecule has 0 radical (unpaired) electrons. The second-order valence-electron chi connectivity index (χ2n) is 8.99. The number of aliphatic hydroxyl groups excluding tert-OH is 1. The molecule has 10 nitrogen and oxygen atoms in total. The van der Waals surface area contributed by atoms with Crippen LogP contribution in [0.1, 0.15) is 45.0 Å². The van der Waals surface area contributed by atoms with Crippen molar-refractivity contribution in [3.05, 3.63) is 81.9 Å². The lowest BCUT2D eigenvalue weighted by Gasteiger charge is -2.24. The molecule has 1 N–H and O–H groups in total. The number of nitrogens with zero attached hydrogens (tertiary/aromatic N) is 2. The summed E-state index contributed by atoms with van der Waals surface area (Å²) in [5.74, 6) is -1.40. The van der Waals surface area contributed by atoms with Crippen LogP contribution in [0.15, 0.2) is 54.6 Å². The van der Waals surface area contributed by atoms with E-state index in [9.17, 15) is 19.5 Å². The molecule has 1 aliphatic rings. The van der Waals surface area contributed by atoms with Gasteiger partial charge in [-0.15, -0.1) is 0 Å². The van der Waals surface area contributed by atoms with E-state index >= 15 is 0 Å². The summed E-state index contributed by atoms with van der Waals surface area (Å²) in [7, 11) is 2.96. The van der Waals surface area contributed by atoms with Gasteiger partial charge in [0, 0.05) is 5.56 Å². The van der Waals surface area contributed by atoms with E-state index in [2.05, 4.69) is 11.6 Å². The Labute approximate surface area is 241 Å². The first-order valence-corrected chi connectivity index (χ1v) is 13.5. The Morgan fingerprint density at radius 2 is 1.85 bits per heavy atom. The van der Waals surface area contributed by atoms with Crippen LogP contribution in [0, 0.1) is 13.8 Å². The zero-order chi connectivity index (χ0) is 29.8. The molecule has 0 saturated carbocycles. The van der Waals surface area contributed by atoms with E-state index < -0.39 is 23.7 Å². The molecule has 1 fully saturated rings. The predicted molar refractivity (Wildman–Crippen MR) is 154 cm³/mol. The van der Waals surface area contributed by atoms with E-state index in [-0.39, 0.29) is 27.9 Å². The fourth-order valence-corrected chi connectivity index (χ4v) is 5.52. The van der Waals surface area contributed by atoms with Crippen molar-refractivity contribution in [2.45, 2.75) is 26.8 Å². The molecule has 2 aromatic carbocycles. The predicted octanol–water partition coefficient (Wildman–Crippen LogP) is 5.14. The second kappa shape index (κ2) is 12.3. The first kappa shape index (κ1) is 29.3. The van der Waals surface area contributed by atoms with Gasteiger partial charge in [0.2, 0.25) is 0 Å². The third-order valence-electron chi connectivity index (χ3n) is 6.44. The number of thiazole rings is 1. The van der Waals surface area contributed by atoms with E-state index in [1.807, 2.05) is 0 Å². The number of aliphatic hydroxyl groups is 1. The molecule has 1 amide bonds. The lowest BCUT2D eigenvalue weighted by atomic mass is 9.93. The highest BCUT2D eigenvalue weighted by molar-refractivity contribution is 7.17. The Hall–Kier alpha value is -4.64. The number of ketones is 1. The van der Waals surface area contributed by atoms with Crippen molar-refractivity contribution >= 4 is 39.9 Å². The molecule has 1 aliphatic heterocycles. The Kier molecular flexibility index (Phi) is 8.77. The molecule has 2 heterocycles. The van der Waals surface area contributed by atoms with Gasteiger partial charge in [0.1, 0.15) is 23.0 Å². The summed E-state index contributed by atoms with van der Waals surface area (Å²) in [5, 5.41) is 11.7. The number of methoxy groups -OCH3 is 2. The van der Waals surface area contributed by atoms with Crippen LogP contribution in [0.5, 0.6) is 17.2 Å². The highest BCUT2D eigenvalue weighted by Crippen LogP contribution is 2.46. The fraction of sp³-hybridized carbons (Fsp3) is 0.267. The topological polar surface area (TPSA) is 124 Å². The van der Waals surface area contributed by atoms with Crippen molar-refractivity contribution < 1.29 is 38.4 Å². The standard InChI is InChI=1S/C30H30N2O8S/c1-7-13-40-19-10-11-20(16(3)14-19)25(33)23-24(18-9-12-21(37-5)22(15-18)38-6)32(28(35)26(23)34)30-31-17(4)27(41-30)29(36)39-8-2/h7,9-12,14-15,24,33H,1,8,13H2,2-6H3/t24-/m1/s1. The van der Waals surface area contributed by atoms with Crippen LogP contribution in [0.25, 0.3) is 5.76 Å². The van der Waals surface area contributed by atoms with Gasteiger partial charge in [-0.05, 0) is 62.2 Å². The number of rotatable bonds is 10. The van der Waals surface area contributed by atoms with Gasteiger partial charge in [-0.2, -0.15) is 0 Å². The van der Waals surface area contributed by atoms with Gasteiger partial charge in [0.25, 0.3) is 5.78 Å². The average Bonchev–Trinajstić information content (AvgIpc) is 3.47. The molecule has 0 spiro atoms. The highest BCUT2D eigenvalue weighted by Gasteiger charge is 2.48. The van der Waals surface area contributed by atoms with E-state index in [0.717, 1.165) is 11.3 Å². The first-order valence-electron chi connectivity index (χ1n) is 12.7. The number of Topliss-reactive ketones (excluding diaryl/α,β-unsaturated/α-hetero) is 1. The summed E-state index contributed by atoms with van der Waals surface area (Å²) in [6.45, 7) is 9.16. The molecule has 11 heteroatoms. The molecule has 1 saturated heterocycles. The van der Waals surface area contributed by atoms with Crippen LogP contribution >= 0.6 is 11.3 Å². The van der Waals surface area contributed by atoms with Crippen LogP contribution in [0.2, 0.25) is 0 Å². The Balaban J connectivity index is 1.93. The number of anilines is 1. The second-order valence-corrected chi connectivity index (χ2v) is 9.97. The Morgan fingerprint density at radius 3 is 2.49 bits per heavy atom. The number of aryl methyl sites for hydroxylation is 2. The number of hydrogen-bond donors (Lipinski definition) is 1. The quantitative estimate of drug-likeness (QED) is 0.114. The fourth-order valence-electron chi connectivity index (χ4n) is 4.53.